The molecular formula is C12H18. The summed E-state index contributed by atoms with van der Waals surface area (Å²) in [5, 5.41) is 0. The first-order valence-corrected chi connectivity index (χ1v) is 4.86. The van der Waals surface area contributed by atoms with Crippen LogP contribution >= 0.6 is 0 Å². The largest absolute Gasteiger partial charge is 0.102 e. The van der Waals surface area contributed by atoms with Crippen LogP contribution in [0, 0.1) is 5.92 Å². The van der Waals surface area contributed by atoms with E-state index in [1.165, 1.54) is 19.3 Å². The highest BCUT2D eigenvalue weighted by molar-refractivity contribution is 5.27. The van der Waals surface area contributed by atoms with Crippen molar-refractivity contribution in [2.45, 2.75) is 32.6 Å². The molecule has 0 N–H and O–H groups in total. The number of allylic oxidation sites excluding steroid dienone is 5. The van der Waals surface area contributed by atoms with E-state index in [0.29, 0.717) is 5.92 Å². The van der Waals surface area contributed by atoms with Crippen LogP contribution in [0.3, 0.4) is 0 Å². The van der Waals surface area contributed by atoms with Crippen molar-refractivity contribution in [3.63, 3.8) is 0 Å². The van der Waals surface area contributed by atoms with Gasteiger partial charge in [-0.3, -0.25) is 0 Å². The van der Waals surface area contributed by atoms with Gasteiger partial charge in [-0.25, -0.2) is 0 Å². The van der Waals surface area contributed by atoms with Crippen molar-refractivity contribution < 1.29 is 0 Å². The molecule has 1 aliphatic rings. The Kier molecular flexibility index (Phi) is 3.86. The third-order valence-corrected chi connectivity index (χ3v) is 2.43. The minimum Gasteiger partial charge on any atom is -0.102 e. The van der Waals surface area contributed by atoms with Gasteiger partial charge < -0.3 is 0 Å². The van der Waals surface area contributed by atoms with Crippen molar-refractivity contribution >= 4 is 0 Å². The second-order valence-electron chi connectivity index (χ2n) is 3.36. The second-order valence-corrected chi connectivity index (χ2v) is 3.36. The summed E-state index contributed by atoms with van der Waals surface area (Å²) in [7, 11) is 0. The Bertz CT molecular complexity index is 196. The van der Waals surface area contributed by atoms with E-state index in [1.807, 2.05) is 0 Å². The van der Waals surface area contributed by atoms with Crippen molar-refractivity contribution in [1.29, 1.82) is 0 Å². The Hall–Kier alpha value is -0.780. The lowest BCUT2D eigenvalue weighted by Crippen LogP contribution is -1.98. The first kappa shape index (κ1) is 9.31. The summed E-state index contributed by atoms with van der Waals surface area (Å²) >= 11 is 0. The molecule has 0 aliphatic heterocycles. The summed E-state index contributed by atoms with van der Waals surface area (Å²) in [5.41, 5.74) is 1.54. The minimum absolute atomic E-state index is 0.625. The zero-order valence-corrected chi connectivity index (χ0v) is 7.92. The Labute approximate surface area is 75.7 Å². The average molecular weight is 162 g/mol. The quantitative estimate of drug-likeness (QED) is 0.538. The van der Waals surface area contributed by atoms with Crippen LogP contribution in [-0.4, -0.2) is 0 Å². The molecule has 12 heavy (non-hydrogen) atoms. The Morgan fingerprint density at radius 3 is 3.00 bits per heavy atom. The van der Waals surface area contributed by atoms with Gasteiger partial charge in [0.25, 0.3) is 0 Å². The van der Waals surface area contributed by atoms with E-state index in [2.05, 4.69) is 37.8 Å². The van der Waals surface area contributed by atoms with Crippen molar-refractivity contribution in [1.82, 2.24) is 0 Å². The van der Waals surface area contributed by atoms with Gasteiger partial charge in [0.05, 0.1) is 0 Å². The highest BCUT2D eigenvalue weighted by Crippen LogP contribution is 2.25. The van der Waals surface area contributed by atoms with Crippen LogP contribution in [0.4, 0.5) is 0 Å². The number of hydrogen-bond donors (Lipinski definition) is 0. The summed E-state index contributed by atoms with van der Waals surface area (Å²) in [5.74, 6) is 0.625. The van der Waals surface area contributed by atoms with Gasteiger partial charge in [0, 0.05) is 0 Å². The lowest BCUT2D eigenvalue weighted by Gasteiger charge is -2.12. The molecule has 0 aromatic rings. The molecule has 0 nitrogen and oxygen atoms in total. The van der Waals surface area contributed by atoms with Crippen LogP contribution in [0.2, 0.25) is 0 Å². The fourth-order valence-electron chi connectivity index (χ4n) is 1.62. The van der Waals surface area contributed by atoms with E-state index in [1.54, 1.807) is 5.57 Å². The van der Waals surface area contributed by atoms with Crippen LogP contribution in [-0.2, 0) is 0 Å². The van der Waals surface area contributed by atoms with Gasteiger partial charge in [-0.1, -0.05) is 49.6 Å². The van der Waals surface area contributed by atoms with Crippen molar-refractivity contribution in [3.05, 3.63) is 36.5 Å². The monoisotopic (exact) mass is 162 g/mol. The minimum atomic E-state index is 0.625. The zero-order valence-electron chi connectivity index (χ0n) is 7.92. The lowest BCUT2D eigenvalue weighted by atomic mass is 9.93. The van der Waals surface area contributed by atoms with E-state index in [9.17, 15) is 0 Å². The normalized spacial score (nSPS) is 17.6. The predicted octanol–water partition coefficient (Wildman–Crippen LogP) is 3.87. The molecule has 0 saturated heterocycles. The van der Waals surface area contributed by atoms with Gasteiger partial charge in [0.15, 0.2) is 0 Å². The zero-order chi connectivity index (χ0) is 8.81. The van der Waals surface area contributed by atoms with Crippen LogP contribution in [0.5, 0.6) is 0 Å². The molecule has 0 spiro atoms. The van der Waals surface area contributed by atoms with Crippen molar-refractivity contribution in [2.75, 3.05) is 0 Å². The number of rotatable bonds is 5. The van der Waals surface area contributed by atoms with E-state index >= 15 is 0 Å². The molecule has 0 heteroatoms. The summed E-state index contributed by atoms with van der Waals surface area (Å²) < 4.78 is 0. The molecule has 0 heterocycles. The van der Waals surface area contributed by atoms with Crippen LogP contribution < -0.4 is 0 Å². The maximum absolute atomic E-state index is 3.89. The standard InChI is InChI=1S/C12H18/c1-3-5-8-11(4-2)12-9-6-7-10-12/h4,6-7,9,11H,2-3,5,8,10H2,1H3. The topological polar surface area (TPSA) is 0 Å². The summed E-state index contributed by atoms with van der Waals surface area (Å²) in [6.07, 6.45) is 13.7. The Balaban J connectivity index is 2.39. The maximum atomic E-state index is 3.89. The molecule has 1 unspecified atom stereocenters. The number of hydrogen-bond acceptors (Lipinski definition) is 0. The first-order valence-electron chi connectivity index (χ1n) is 4.86. The van der Waals surface area contributed by atoms with Crippen LogP contribution in [0.15, 0.2) is 36.5 Å². The SMILES string of the molecule is C=CC(CCCC)C1=CC=CC1. The average Bonchev–Trinajstić information content (AvgIpc) is 2.59. The molecule has 0 saturated carbocycles. The van der Waals surface area contributed by atoms with E-state index in [4.69, 9.17) is 0 Å². The molecule has 0 bridgehead atoms. The van der Waals surface area contributed by atoms with Gasteiger partial charge in [-0.15, -0.1) is 6.58 Å². The molecule has 1 aliphatic carbocycles. The van der Waals surface area contributed by atoms with Gasteiger partial charge in [0.2, 0.25) is 0 Å². The molecule has 0 fully saturated rings. The third-order valence-electron chi connectivity index (χ3n) is 2.43. The fraction of sp³-hybridized carbons (Fsp3) is 0.500. The Morgan fingerprint density at radius 1 is 1.67 bits per heavy atom. The number of unbranched alkanes of at least 4 members (excludes halogenated alkanes) is 1. The highest BCUT2D eigenvalue weighted by atomic mass is 14.1. The maximum Gasteiger partial charge on any atom is -0.00197 e. The fourth-order valence-corrected chi connectivity index (χ4v) is 1.62. The molecule has 0 aromatic carbocycles. The Morgan fingerprint density at radius 2 is 2.50 bits per heavy atom. The van der Waals surface area contributed by atoms with E-state index < -0.39 is 0 Å². The molecular weight excluding hydrogens is 144 g/mol. The summed E-state index contributed by atoms with van der Waals surface area (Å²) in [6.45, 7) is 6.13. The van der Waals surface area contributed by atoms with Gasteiger partial charge >= 0.3 is 0 Å². The summed E-state index contributed by atoms with van der Waals surface area (Å²) in [6, 6.07) is 0. The molecule has 1 rings (SSSR count). The molecule has 0 aromatic heterocycles. The van der Waals surface area contributed by atoms with Gasteiger partial charge in [0.1, 0.15) is 0 Å². The van der Waals surface area contributed by atoms with Gasteiger partial charge in [-0.2, -0.15) is 0 Å². The van der Waals surface area contributed by atoms with E-state index in [-0.39, 0.29) is 0 Å². The molecule has 1 atom stereocenters. The molecule has 0 radical (unpaired) electrons. The second kappa shape index (κ2) is 4.97. The van der Waals surface area contributed by atoms with E-state index in [0.717, 1.165) is 6.42 Å². The van der Waals surface area contributed by atoms with Crippen molar-refractivity contribution in [3.8, 4) is 0 Å². The molecule has 66 valence electrons. The van der Waals surface area contributed by atoms with Crippen molar-refractivity contribution in [2.24, 2.45) is 5.92 Å². The van der Waals surface area contributed by atoms with Crippen LogP contribution in [0.1, 0.15) is 32.6 Å². The smallest absolute Gasteiger partial charge is 0.00197 e. The third kappa shape index (κ3) is 2.37. The first-order chi connectivity index (χ1) is 5.88. The van der Waals surface area contributed by atoms with Gasteiger partial charge in [-0.05, 0) is 18.8 Å². The lowest BCUT2D eigenvalue weighted by molar-refractivity contribution is 0.613. The summed E-state index contributed by atoms with van der Waals surface area (Å²) in [4.78, 5) is 0. The molecule has 0 amide bonds. The van der Waals surface area contributed by atoms with Crippen LogP contribution in [0.25, 0.3) is 0 Å². The predicted molar refractivity (Wildman–Crippen MR) is 55.1 cm³/mol. The highest BCUT2D eigenvalue weighted by Gasteiger charge is 2.09.